The molecule has 2 aromatic rings. The standard InChI is InChI=1S/C19H18N2O3/c1-3-21-16-10-6-5-9-14(16)20-15(19(21)23)12-17(22)13-8-4-7-11-18(13)24-2/h4-11,20,22H,3H2,1-2H3. The van der Waals surface area contributed by atoms with Crippen molar-refractivity contribution in [2.24, 2.45) is 0 Å². The highest BCUT2D eigenvalue weighted by Gasteiger charge is 2.27. The van der Waals surface area contributed by atoms with Gasteiger partial charge in [0.05, 0.1) is 24.0 Å². The maximum atomic E-state index is 12.6. The Balaban J connectivity index is 2.11. The van der Waals surface area contributed by atoms with Crippen LogP contribution >= 0.6 is 0 Å². The average molecular weight is 322 g/mol. The second-order valence-corrected chi connectivity index (χ2v) is 5.24. The number of likely N-dealkylation sites (N-methyl/N-ethyl adjacent to an activating group) is 1. The van der Waals surface area contributed by atoms with Gasteiger partial charge in [-0.3, -0.25) is 4.79 Å². The Labute approximate surface area is 140 Å². The smallest absolute Gasteiger partial charge is 0.283 e. The van der Waals surface area contributed by atoms with Gasteiger partial charge >= 0.3 is 0 Å². The summed E-state index contributed by atoms with van der Waals surface area (Å²) in [5, 5.41) is 13.4. The number of para-hydroxylation sites is 3. The minimum atomic E-state index is -0.238. The number of benzene rings is 2. The molecule has 5 heteroatoms. The lowest BCUT2D eigenvalue weighted by atomic mass is 10.1. The van der Waals surface area contributed by atoms with E-state index in [0.29, 0.717) is 17.9 Å². The highest BCUT2D eigenvalue weighted by atomic mass is 16.5. The molecule has 1 amide bonds. The quantitative estimate of drug-likeness (QED) is 0.515. The number of nitrogens with zero attached hydrogens (tertiary/aromatic N) is 1. The summed E-state index contributed by atoms with van der Waals surface area (Å²) in [5.41, 5.74) is 5.05. The number of anilines is 2. The Kier molecular flexibility index (Phi) is 4.27. The Morgan fingerprint density at radius 1 is 1.21 bits per heavy atom. The summed E-state index contributed by atoms with van der Waals surface area (Å²) in [4.78, 5) is 14.3. The molecular formula is C19H18N2O3. The molecular weight excluding hydrogens is 304 g/mol. The van der Waals surface area contributed by atoms with Crippen LogP contribution in [0.3, 0.4) is 0 Å². The lowest BCUT2D eigenvalue weighted by molar-refractivity contribution is -0.115. The molecule has 2 aromatic carbocycles. The van der Waals surface area contributed by atoms with Gasteiger partial charge in [0, 0.05) is 6.54 Å². The van der Waals surface area contributed by atoms with Crippen molar-refractivity contribution >= 4 is 23.0 Å². The number of hydrogen-bond donors (Lipinski definition) is 2. The largest absolute Gasteiger partial charge is 0.501 e. The van der Waals surface area contributed by atoms with Crippen LogP contribution in [0.25, 0.3) is 5.76 Å². The molecule has 0 fully saturated rings. The molecule has 3 rings (SSSR count). The van der Waals surface area contributed by atoms with Crippen molar-refractivity contribution in [3.63, 3.8) is 0 Å². The van der Waals surface area contributed by atoms with Crippen LogP contribution in [0.4, 0.5) is 11.4 Å². The Morgan fingerprint density at radius 3 is 2.67 bits per heavy atom. The first-order valence-electron chi connectivity index (χ1n) is 7.67. The van der Waals surface area contributed by atoms with Crippen molar-refractivity contribution in [1.29, 1.82) is 0 Å². The topological polar surface area (TPSA) is 61.8 Å². The minimum absolute atomic E-state index is 0.154. The number of amides is 1. The van der Waals surface area contributed by atoms with E-state index in [-0.39, 0.29) is 17.4 Å². The number of carbonyl (C=O) groups excluding carboxylic acids is 1. The number of aliphatic hydroxyl groups is 1. The van der Waals surface area contributed by atoms with Crippen LogP contribution in [0.15, 0.2) is 60.0 Å². The molecule has 0 spiro atoms. The van der Waals surface area contributed by atoms with Gasteiger partial charge in [0.1, 0.15) is 5.75 Å². The molecule has 0 radical (unpaired) electrons. The lowest BCUT2D eigenvalue weighted by Gasteiger charge is -2.29. The van der Waals surface area contributed by atoms with Gasteiger partial charge in [-0.2, -0.15) is 0 Å². The third-order valence-electron chi connectivity index (χ3n) is 3.84. The molecule has 122 valence electrons. The molecule has 0 aliphatic carbocycles. The van der Waals surface area contributed by atoms with Crippen LogP contribution in [0, 0.1) is 0 Å². The van der Waals surface area contributed by atoms with Crippen LogP contribution < -0.4 is 15.0 Å². The van der Waals surface area contributed by atoms with Crippen LogP contribution in [0.2, 0.25) is 0 Å². The van der Waals surface area contributed by atoms with E-state index in [1.54, 1.807) is 23.1 Å². The monoisotopic (exact) mass is 322 g/mol. The van der Waals surface area contributed by atoms with E-state index in [4.69, 9.17) is 4.74 Å². The van der Waals surface area contributed by atoms with Gasteiger partial charge in [0.15, 0.2) is 11.5 Å². The SMILES string of the molecule is CCN1C(=O)C(=C=C(O)c2ccccc2OC)Nc2ccccc21. The van der Waals surface area contributed by atoms with E-state index >= 15 is 0 Å². The fraction of sp³-hybridized carbons (Fsp3) is 0.158. The van der Waals surface area contributed by atoms with Crippen molar-refractivity contribution in [1.82, 2.24) is 0 Å². The molecule has 0 saturated carbocycles. The summed E-state index contributed by atoms with van der Waals surface area (Å²) in [6.45, 7) is 2.43. The molecule has 24 heavy (non-hydrogen) atoms. The third kappa shape index (κ3) is 2.73. The maximum Gasteiger partial charge on any atom is 0.283 e. The van der Waals surface area contributed by atoms with E-state index in [1.165, 1.54) is 7.11 Å². The molecule has 0 aromatic heterocycles. The first-order valence-corrected chi connectivity index (χ1v) is 7.67. The number of carbonyl (C=O) groups is 1. The lowest BCUT2D eigenvalue weighted by Crippen LogP contribution is -2.37. The molecule has 0 saturated heterocycles. The number of fused-ring (bicyclic) bond motifs is 1. The van der Waals surface area contributed by atoms with Crippen molar-refractivity contribution in [3.05, 3.63) is 65.5 Å². The molecule has 2 N–H and O–H groups in total. The summed E-state index contributed by atoms with van der Waals surface area (Å²) in [6, 6.07) is 14.6. The van der Waals surface area contributed by atoms with Gasteiger partial charge in [0.2, 0.25) is 0 Å². The summed E-state index contributed by atoms with van der Waals surface area (Å²) in [7, 11) is 1.53. The zero-order chi connectivity index (χ0) is 17.1. The number of nitrogens with one attached hydrogen (secondary N) is 1. The minimum Gasteiger partial charge on any atom is -0.501 e. The van der Waals surface area contributed by atoms with Crippen LogP contribution in [-0.2, 0) is 4.79 Å². The predicted molar refractivity (Wildman–Crippen MR) is 94.1 cm³/mol. The highest BCUT2D eigenvalue weighted by molar-refractivity contribution is 6.12. The Morgan fingerprint density at radius 2 is 1.92 bits per heavy atom. The second kappa shape index (κ2) is 6.52. The molecule has 0 unspecified atom stereocenters. The maximum absolute atomic E-state index is 12.6. The van der Waals surface area contributed by atoms with Gasteiger partial charge in [-0.05, 0) is 36.9 Å². The number of ether oxygens (including phenoxy) is 1. The zero-order valence-corrected chi connectivity index (χ0v) is 13.5. The fourth-order valence-corrected chi connectivity index (χ4v) is 2.67. The van der Waals surface area contributed by atoms with E-state index in [1.807, 2.05) is 37.3 Å². The number of rotatable bonds is 3. The highest BCUT2D eigenvalue weighted by Crippen LogP contribution is 2.32. The normalized spacial score (nSPS) is 13.0. The number of hydrogen-bond acceptors (Lipinski definition) is 4. The molecule has 5 nitrogen and oxygen atoms in total. The van der Waals surface area contributed by atoms with Crippen molar-refractivity contribution < 1.29 is 14.6 Å². The first-order chi connectivity index (χ1) is 11.7. The fourth-order valence-electron chi connectivity index (χ4n) is 2.67. The van der Waals surface area contributed by atoms with Gasteiger partial charge in [-0.1, -0.05) is 24.3 Å². The molecule has 1 heterocycles. The average Bonchev–Trinajstić information content (AvgIpc) is 2.62. The molecule has 0 atom stereocenters. The summed E-state index contributed by atoms with van der Waals surface area (Å²) < 4.78 is 5.24. The Bertz CT molecular complexity index is 851. The predicted octanol–water partition coefficient (Wildman–Crippen LogP) is 3.56. The summed E-state index contributed by atoms with van der Waals surface area (Å²) in [6.07, 6.45) is 0. The molecule has 1 aliphatic heterocycles. The number of aliphatic hydroxyl groups excluding tert-OH is 1. The number of methoxy groups -OCH3 is 1. The second-order valence-electron chi connectivity index (χ2n) is 5.24. The van der Waals surface area contributed by atoms with E-state index in [0.717, 1.165) is 11.4 Å². The van der Waals surface area contributed by atoms with Gasteiger partial charge in [0.25, 0.3) is 5.91 Å². The van der Waals surface area contributed by atoms with E-state index in [9.17, 15) is 9.90 Å². The molecule has 0 bridgehead atoms. The molecule has 1 aliphatic rings. The van der Waals surface area contributed by atoms with Crippen molar-refractivity contribution in [2.75, 3.05) is 23.9 Å². The van der Waals surface area contributed by atoms with Crippen molar-refractivity contribution in [2.45, 2.75) is 6.92 Å². The summed E-state index contributed by atoms with van der Waals surface area (Å²) in [5.74, 6) is 0.121. The third-order valence-corrected chi connectivity index (χ3v) is 3.84. The first kappa shape index (κ1) is 15.7. The van der Waals surface area contributed by atoms with Gasteiger partial charge in [-0.15, -0.1) is 0 Å². The van der Waals surface area contributed by atoms with Crippen LogP contribution in [0.5, 0.6) is 5.75 Å². The summed E-state index contributed by atoms with van der Waals surface area (Å²) >= 11 is 0. The Hall–Kier alpha value is -3.17. The van der Waals surface area contributed by atoms with Crippen molar-refractivity contribution in [3.8, 4) is 5.75 Å². The van der Waals surface area contributed by atoms with Crippen LogP contribution in [-0.4, -0.2) is 24.7 Å². The van der Waals surface area contributed by atoms with Gasteiger partial charge < -0.3 is 20.1 Å². The zero-order valence-electron chi connectivity index (χ0n) is 13.5. The van der Waals surface area contributed by atoms with Crippen LogP contribution in [0.1, 0.15) is 12.5 Å². The van der Waals surface area contributed by atoms with Gasteiger partial charge in [-0.25, -0.2) is 0 Å². The van der Waals surface area contributed by atoms with E-state index in [2.05, 4.69) is 11.0 Å². The van der Waals surface area contributed by atoms with E-state index < -0.39 is 0 Å².